The number of hydrogen-bond acceptors (Lipinski definition) is 3. The van der Waals surface area contributed by atoms with Gasteiger partial charge < -0.3 is 9.47 Å². The van der Waals surface area contributed by atoms with E-state index in [4.69, 9.17) is 0 Å². The molecule has 1 aliphatic heterocycles. The van der Waals surface area contributed by atoms with Crippen LogP contribution in [0.2, 0.25) is 0 Å². The molecule has 1 saturated heterocycles. The summed E-state index contributed by atoms with van der Waals surface area (Å²) < 4.78 is 3.33. The molecule has 0 aliphatic carbocycles. The zero-order chi connectivity index (χ0) is 18.4. The maximum Gasteiger partial charge on any atom is 0.270 e. The monoisotopic (exact) mass is 352 g/mol. The van der Waals surface area contributed by atoms with Crippen LogP contribution in [0.15, 0.2) is 29.2 Å². The minimum Gasteiger partial charge on any atom is -0.334 e. The lowest BCUT2D eigenvalue weighted by atomic mass is 9.99. The van der Waals surface area contributed by atoms with Crippen LogP contribution in [-0.4, -0.2) is 37.3 Å². The molecule has 3 aromatic rings. The topological polar surface area (TPSA) is 59.6 Å². The predicted molar refractivity (Wildman–Crippen MR) is 102 cm³/mol. The highest BCUT2D eigenvalue weighted by Gasteiger charge is 2.29. The quantitative estimate of drug-likeness (QED) is 0.712. The van der Waals surface area contributed by atoms with Crippen LogP contribution in [0.3, 0.4) is 0 Å². The van der Waals surface area contributed by atoms with Gasteiger partial charge in [0.25, 0.3) is 11.5 Å². The van der Waals surface area contributed by atoms with Crippen molar-refractivity contribution in [3.05, 3.63) is 46.0 Å². The van der Waals surface area contributed by atoms with Crippen molar-refractivity contribution in [3.8, 4) is 0 Å². The molecule has 4 heterocycles. The molecule has 1 fully saturated rings. The van der Waals surface area contributed by atoms with Crippen LogP contribution in [0.4, 0.5) is 0 Å². The molecule has 136 valence electrons. The first kappa shape index (κ1) is 16.8. The van der Waals surface area contributed by atoms with Crippen molar-refractivity contribution in [3.63, 3.8) is 0 Å². The number of carbonyl (C=O) groups excluding carboxylic acids is 1. The van der Waals surface area contributed by atoms with Gasteiger partial charge in [0.15, 0.2) is 0 Å². The molecular weight excluding hydrogens is 328 g/mol. The van der Waals surface area contributed by atoms with Crippen molar-refractivity contribution in [1.29, 1.82) is 0 Å². The normalized spacial score (nSPS) is 18.0. The van der Waals surface area contributed by atoms with Crippen LogP contribution >= 0.6 is 0 Å². The Morgan fingerprint density at radius 2 is 2.12 bits per heavy atom. The number of carbonyl (C=O) groups is 1. The highest BCUT2D eigenvalue weighted by Crippen LogP contribution is 2.24. The molecular formula is C20H24N4O2. The Balaban J connectivity index is 1.89. The van der Waals surface area contributed by atoms with E-state index in [1.165, 1.54) is 6.42 Å². The van der Waals surface area contributed by atoms with E-state index in [-0.39, 0.29) is 17.5 Å². The van der Waals surface area contributed by atoms with Gasteiger partial charge in [0.2, 0.25) is 0 Å². The fourth-order valence-corrected chi connectivity index (χ4v) is 4.07. The number of rotatable bonds is 2. The molecule has 0 aromatic carbocycles. The number of likely N-dealkylation sites (tertiary alicyclic amines) is 1. The second-order valence-corrected chi connectivity index (χ2v) is 7.18. The molecule has 26 heavy (non-hydrogen) atoms. The maximum atomic E-state index is 13.2. The molecule has 0 spiro atoms. The lowest BCUT2D eigenvalue weighted by molar-refractivity contribution is 0.0598. The first-order valence-corrected chi connectivity index (χ1v) is 9.31. The summed E-state index contributed by atoms with van der Waals surface area (Å²) in [5, 5.41) is 0.490. The van der Waals surface area contributed by atoms with Crippen molar-refractivity contribution < 1.29 is 4.79 Å². The summed E-state index contributed by atoms with van der Waals surface area (Å²) in [5.41, 5.74) is 2.54. The second kappa shape index (κ2) is 6.27. The summed E-state index contributed by atoms with van der Waals surface area (Å²) >= 11 is 0. The third-order valence-corrected chi connectivity index (χ3v) is 5.60. The molecule has 1 amide bonds. The van der Waals surface area contributed by atoms with E-state index in [1.807, 2.05) is 31.0 Å². The SMILES string of the molecule is CC[C@@H]1CCCCN1C(=O)c1cc2c(=O)n3cccc(C)c3nc2n1C. The van der Waals surface area contributed by atoms with E-state index in [0.29, 0.717) is 22.4 Å². The number of amides is 1. The van der Waals surface area contributed by atoms with E-state index in [9.17, 15) is 9.59 Å². The van der Waals surface area contributed by atoms with E-state index < -0.39 is 0 Å². The van der Waals surface area contributed by atoms with Gasteiger partial charge >= 0.3 is 0 Å². The number of hydrogen-bond donors (Lipinski definition) is 0. The van der Waals surface area contributed by atoms with E-state index in [2.05, 4.69) is 11.9 Å². The van der Waals surface area contributed by atoms with Gasteiger partial charge in [0.05, 0.1) is 5.39 Å². The van der Waals surface area contributed by atoms with E-state index in [0.717, 1.165) is 31.4 Å². The average Bonchev–Trinajstić information content (AvgIpc) is 2.99. The molecule has 3 aromatic heterocycles. The zero-order valence-electron chi connectivity index (χ0n) is 15.5. The van der Waals surface area contributed by atoms with Crippen molar-refractivity contribution in [2.24, 2.45) is 7.05 Å². The smallest absolute Gasteiger partial charge is 0.270 e. The molecule has 6 heteroatoms. The van der Waals surface area contributed by atoms with Gasteiger partial charge in [-0.15, -0.1) is 0 Å². The van der Waals surface area contributed by atoms with Crippen molar-refractivity contribution in [1.82, 2.24) is 18.9 Å². The molecule has 4 rings (SSSR count). The Labute approximate surface area is 152 Å². The Hall–Kier alpha value is -2.63. The van der Waals surface area contributed by atoms with E-state index >= 15 is 0 Å². The van der Waals surface area contributed by atoms with Crippen molar-refractivity contribution in [2.75, 3.05) is 6.54 Å². The van der Waals surface area contributed by atoms with Crippen molar-refractivity contribution >= 4 is 22.6 Å². The second-order valence-electron chi connectivity index (χ2n) is 7.18. The highest BCUT2D eigenvalue weighted by atomic mass is 16.2. The molecule has 1 atom stereocenters. The minimum atomic E-state index is -0.131. The Morgan fingerprint density at radius 3 is 2.88 bits per heavy atom. The number of pyridine rings is 1. The van der Waals surface area contributed by atoms with Crippen LogP contribution in [0.1, 0.15) is 48.7 Å². The fourth-order valence-electron chi connectivity index (χ4n) is 4.07. The number of nitrogens with zero attached hydrogens (tertiary/aromatic N) is 4. The van der Waals surface area contributed by atoms with Crippen molar-refractivity contribution in [2.45, 2.75) is 45.6 Å². The number of aryl methyl sites for hydroxylation is 2. The molecule has 6 nitrogen and oxygen atoms in total. The largest absolute Gasteiger partial charge is 0.334 e. The van der Waals surface area contributed by atoms with Crippen LogP contribution in [0, 0.1) is 6.92 Å². The van der Waals surface area contributed by atoms with Crippen LogP contribution in [0.25, 0.3) is 16.7 Å². The molecule has 0 radical (unpaired) electrons. The third-order valence-electron chi connectivity index (χ3n) is 5.60. The maximum absolute atomic E-state index is 13.2. The van der Waals surface area contributed by atoms with Crippen LogP contribution < -0.4 is 5.56 Å². The number of aromatic nitrogens is 3. The number of fused-ring (bicyclic) bond motifs is 2. The molecule has 0 N–H and O–H groups in total. The van der Waals surface area contributed by atoms with Gasteiger partial charge in [-0.3, -0.25) is 14.0 Å². The van der Waals surface area contributed by atoms with Crippen LogP contribution in [-0.2, 0) is 7.05 Å². The first-order valence-electron chi connectivity index (χ1n) is 9.31. The standard InChI is InChI=1S/C20H24N4O2/c1-4-14-9-5-6-10-23(14)20(26)16-12-15-18(22(16)3)21-17-13(2)8-7-11-24(17)19(15)25/h7-8,11-12,14H,4-6,9-10H2,1-3H3/t14-/m1/s1. The van der Waals surface area contributed by atoms with Gasteiger partial charge in [-0.25, -0.2) is 4.98 Å². The predicted octanol–water partition coefficient (Wildman–Crippen LogP) is 2.90. The highest BCUT2D eigenvalue weighted by molar-refractivity contribution is 5.98. The molecule has 0 bridgehead atoms. The summed E-state index contributed by atoms with van der Waals surface area (Å²) in [4.78, 5) is 32.8. The Bertz CT molecular complexity index is 1060. The summed E-state index contributed by atoms with van der Waals surface area (Å²) in [6.07, 6.45) is 5.94. The van der Waals surface area contributed by atoms with Gasteiger partial charge in [-0.05, 0) is 50.3 Å². The zero-order valence-corrected chi connectivity index (χ0v) is 15.5. The van der Waals surface area contributed by atoms with E-state index in [1.54, 1.807) is 21.2 Å². The lowest BCUT2D eigenvalue weighted by Gasteiger charge is -2.35. The molecule has 0 unspecified atom stereocenters. The Kier molecular flexibility index (Phi) is 4.05. The van der Waals surface area contributed by atoms with Gasteiger partial charge in [-0.1, -0.05) is 13.0 Å². The summed E-state index contributed by atoms with van der Waals surface area (Å²) in [7, 11) is 1.82. The molecule has 1 aliphatic rings. The minimum absolute atomic E-state index is 0.00206. The van der Waals surface area contributed by atoms with Crippen LogP contribution in [0.5, 0.6) is 0 Å². The summed E-state index contributed by atoms with van der Waals surface area (Å²) in [6, 6.07) is 5.77. The average molecular weight is 352 g/mol. The van der Waals surface area contributed by atoms with Gasteiger partial charge in [-0.2, -0.15) is 0 Å². The van der Waals surface area contributed by atoms with Gasteiger partial charge in [0.1, 0.15) is 17.0 Å². The van der Waals surface area contributed by atoms with Gasteiger partial charge in [0, 0.05) is 25.8 Å². The number of piperidine rings is 1. The third kappa shape index (κ3) is 2.43. The Morgan fingerprint density at radius 1 is 1.31 bits per heavy atom. The fraction of sp³-hybridized carbons (Fsp3) is 0.450. The summed E-state index contributed by atoms with van der Waals surface area (Å²) in [6.45, 7) is 4.84. The molecule has 0 saturated carbocycles. The lowest BCUT2D eigenvalue weighted by Crippen LogP contribution is -2.43. The summed E-state index contributed by atoms with van der Waals surface area (Å²) in [5.74, 6) is 0.00206. The first-order chi connectivity index (χ1) is 12.5.